The highest BCUT2D eigenvalue weighted by Gasteiger charge is 2.61. The topological polar surface area (TPSA) is 116 Å². The molecule has 95 heavy (non-hydrogen) atoms. The number of hydrogen-bond donors (Lipinski definition) is 0. The van der Waals surface area contributed by atoms with E-state index in [4.69, 9.17) is 9.47 Å². The van der Waals surface area contributed by atoms with Gasteiger partial charge in [0.15, 0.2) is 0 Å². The molecule has 500 valence electrons. The summed E-state index contributed by atoms with van der Waals surface area (Å²) in [5, 5.41) is 17.0. The van der Waals surface area contributed by atoms with Crippen LogP contribution in [-0.2, 0) is 19.5 Å². The lowest BCUT2D eigenvalue weighted by molar-refractivity contribution is -0.268. The van der Waals surface area contributed by atoms with Crippen LogP contribution in [0, 0.1) is 5.92 Å². The Hall–Kier alpha value is -2.16. The summed E-state index contributed by atoms with van der Waals surface area (Å²) in [6.07, 6.45) is 8.28. The van der Waals surface area contributed by atoms with Crippen molar-refractivity contribution in [1.82, 2.24) is 14.9 Å². The molecule has 5 aromatic carbocycles. The first-order chi connectivity index (χ1) is 44.9. The number of esters is 2. The minimum Gasteiger partial charge on any atom is -0.465 e. The van der Waals surface area contributed by atoms with Crippen LogP contribution in [0.2, 0.25) is 0 Å². The predicted octanol–water partition coefficient (Wildman–Crippen LogP) is 20.9. The molecule has 0 bridgehead atoms. The van der Waals surface area contributed by atoms with Gasteiger partial charge in [-0.1, -0.05) is 66.7 Å². The van der Waals surface area contributed by atoms with Gasteiger partial charge in [0.2, 0.25) is 0 Å². The molecule has 10 aliphatic rings. The van der Waals surface area contributed by atoms with Gasteiger partial charge in [-0.25, -0.2) is 9.59 Å². The summed E-state index contributed by atoms with van der Waals surface area (Å²) in [4.78, 5) is 77.2. The second-order valence-electron chi connectivity index (χ2n) is 29.1. The van der Waals surface area contributed by atoms with Crippen molar-refractivity contribution in [3.05, 3.63) is 123 Å². The summed E-state index contributed by atoms with van der Waals surface area (Å²) in [6.45, 7) is 28.5. The number of piperazine rings is 1. The molecule has 0 atom stereocenters. The van der Waals surface area contributed by atoms with Crippen molar-refractivity contribution in [3.8, 4) is 0 Å². The monoisotopic (exact) mass is 1490 g/mol. The van der Waals surface area contributed by atoms with E-state index in [2.05, 4.69) is 150 Å². The fourth-order valence-electron chi connectivity index (χ4n) is 15.9. The highest BCUT2D eigenvalue weighted by atomic mass is 32.2. The zero-order valence-corrected chi connectivity index (χ0v) is 65.9. The zero-order valence-electron chi connectivity index (χ0n) is 56.1. The van der Waals surface area contributed by atoms with Crippen LogP contribution < -0.4 is 0 Å². The number of amides is 2. The molecule has 0 unspecified atom stereocenters. The van der Waals surface area contributed by atoms with Crippen LogP contribution >= 0.6 is 141 Å². The van der Waals surface area contributed by atoms with E-state index in [0.29, 0.717) is 80.4 Å². The third kappa shape index (κ3) is 11.8. The van der Waals surface area contributed by atoms with Crippen molar-refractivity contribution in [2.45, 2.75) is 241 Å². The number of benzene rings is 5. The van der Waals surface area contributed by atoms with Gasteiger partial charge in [0.05, 0.1) is 72.4 Å². The molecule has 1 saturated heterocycles. The number of thioether (sulfide) groups is 12. The second kappa shape index (κ2) is 24.5. The summed E-state index contributed by atoms with van der Waals surface area (Å²) < 4.78 is 9.31. The fourth-order valence-corrected chi connectivity index (χ4v) is 33.6. The van der Waals surface area contributed by atoms with Crippen molar-refractivity contribution >= 4 is 165 Å². The molecule has 8 heterocycles. The van der Waals surface area contributed by atoms with Crippen LogP contribution in [0.5, 0.6) is 0 Å². The van der Waals surface area contributed by atoms with Crippen LogP contribution in [-0.4, -0.2) is 115 Å². The predicted molar refractivity (Wildman–Crippen MR) is 401 cm³/mol. The van der Waals surface area contributed by atoms with Crippen molar-refractivity contribution in [2.24, 2.45) is 0 Å². The molecule has 15 rings (SSSR count). The molecule has 3 fully saturated rings. The first kappa shape index (κ1) is 68.6. The lowest BCUT2D eigenvalue weighted by Gasteiger charge is -2.48. The molecule has 22 heteroatoms. The Bertz CT molecular complexity index is 3880. The Kier molecular flexibility index (Phi) is 17.7. The average Bonchev–Trinajstić information content (AvgIpc) is 1.59. The molecule has 2 amide bonds. The van der Waals surface area contributed by atoms with Crippen molar-refractivity contribution in [2.75, 3.05) is 40.4 Å². The second-order valence-corrected chi connectivity index (χ2v) is 50.3. The first-order valence-corrected chi connectivity index (χ1v) is 42.6. The highest BCUT2D eigenvalue weighted by Crippen LogP contribution is 2.75. The number of carbonyl (C=O) groups is 4. The van der Waals surface area contributed by atoms with E-state index in [1.165, 1.54) is 30.4 Å². The van der Waals surface area contributed by atoms with Crippen LogP contribution in [0.25, 0.3) is 0 Å². The van der Waals surface area contributed by atoms with Gasteiger partial charge in [-0.15, -0.1) is 151 Å². The van der Waals surface area contributed by atoms with E-state index in [1.54, 1.807) is 70.6 Å². The van der Waals surface area contributed by atoms with E-state index in [9.17, 15) is 9.59 Å². The summed E-state index contributed by atoms with van der Waals surface area (Å²) in [7, 11) is 2.98. The number of methoxy groups -OCH3 is 2. The average molecular weight is 1500 g/mol. The summed E-state index contributed by atoms with van der Waals surface area (Å²) >= 11 is 21.4. The number of nitrogens with zero attached hydrogens (tertiary/aromatic N) is 3. The van der Waals surface area contributed by atoms with Gasteiger partial charge in [-0.2, -0.15) is 0 Å². The molecule has 2 saturated carbocycles. The minimum atomic E-state index is -0.910. The van der Waals surface area contributed by atoms with Crippen molar-refractivity contribution in [1.29, 1.82) is 0 Å². The quantitative estimate of drug-likeness (QED) is 0.103. The number of carbonyl (C=O) groups excluding carboxylic acids is 4. The van der Waals surface area contributed by atoms with Gasteiger partial charge in [-0.3, -0.25) is 9.59 Å². The number of rotatable bonds is 9. The van der Waals surface area contributed by atoms with Crippen LogP contribution in [0.3, 0.4) is 0 Å². The lowest BCUT2D eigenvalue weighted by Crippen LogP contribution is -2.58. The maximum atomic E-state index is 16.4. The van der Waals surface area contributed by atoms with Gasteiger partial charge in [-0.05, 0) is 174 Å². The molecule has 2 spiro atoms. The standard InChI is InChI=1S/C73H79N3O7S12/c1-66(2)84-50-44(43(45-52-58(92-68(5,6)86-52)48(64(79)82-13)59-53(45)87-69(7,8)93-59)46-54-60(94-70(9,10)88-54)49(65(80)83-14)61-55(46)89-71(11,12)95-61)51-57(91-67(3,4)85-51)47(56(50)90-66)63(78)75-35-33-74(34-36-75)62(77)42-37-72(29-25-40(26-30-72)38-21-17-15-18-22-38)76(81)73(42)31-27-41(28-32-73)39-23-19-16-20-24-39/h15-24,37,40-41H,25-36H2,1-14H3. The summed E-state index contributed by atoms with van der Waals surface area (Å²) in [5.74, 6) is 1.02. The van der Waals surface area contributed by atoms with E-state index >= 15 is 14.8 Å². The van der Waals surface area contributed by atoms with Crippen LogP contribution in [0.1, 0.15) is 205 Å². The van der Waals surface area contributed by atoms with Gasteiger partial charge >= 0.3 is 11.9 Å². The Morgan fingerprint density at radius 2 is 0.653 bits per heavy atom. The van der Waals surface area contributed by atoms with Gasteiger partial charge in [0.25, 0.3) is 11.8 Å². The molecular weight excluding hydrogens is 1420 g/mol. The van der Waals surface area contributed by atoms with E-state index < -0.39 is 19.2 Å². The van der Waals surface area contributed by atoms with E-state index in [1.807, 2.05) is 80.4 Å². The molecule has 0 aromatic heterocycles. The normalized spacial score (nSPS) is 26.7. The number of hydrogen-bond acceptors (Lipinski definition) is 19. The van der Waals surface area contributed by atoms with Crippen LogP contribution in [0.4, 0.5) is 0 Å². The van der Waals surface area contributed by atoms with Gasteiger partial charge in [0, 0.05) is 90.5 Å². The number of fused-ring (bicyclic) bond motifs is 6. The van der Waals surface area contributed by atoms with Crippen molar-refractivity contribution < 1.29 is 33.9 Å². The molecule has 5 aromatic rings. The van der Waals surface area contributed by atoms with Crippen LogP contribution in [0.15, 0.2) is 131 Å². The molecule has 8 aliphatic heterocycles. The largest absolute Gasteiger partial charge is 0.465 e. The molecular formula is C73H79N3O7S12. The SMILES string of the molecule is COC(=O)c1c2c(c([C](c3c4c(c(C(=O)OC)c5c3SC(C)(C)S5)SC(C)(C)S4)c3c4c(c(C(=O)N5CCN(C(=O)C6=CC7(CCC(c8ccccc8)CC7)N([O])C67CCC(c6ccccc6)CC7)CC5)c5c3SC(C)(C)S5)SC(C)(C)S4)c3c1SC(C)(C)S3)SC(C)(C)S2. The smallest absolute Gasteiger partial charge is 0.340 e. The summed E-state index contributed by atoms with van der Waals surface area (Å²) in [6, 6.07) is 21.4. The zero-order chi connectivity index (χ0) is 67.1. The molecule has 2 aliphatic carbocycles. The summed E-state index contributed by atoms with van der Waals surface area (Å²) in [5.41, 5.74) is 6.91. The number of ether oxygens (including phenoxy) is 2. The van der Waals surface area contributed by atoms with Gasteiger partial charge < -0.3 is 19.3 Å². The van der Waals surface area contributed by atoms with Crippen molar-refractivity contribution in [3.63, 3.8) is 0 Å². The first-order valence-electron chi connectivity index (χ1n) is 32.8. The molecule has 2 radical (unpaired) electrons. The van der Waals surface area contributed by atoms with E-state index in [-0.39, 0.29) is 40.1 Å². The Balaban J connectivity index is 0.859. The fraction of sp³-hybridized carbons (Fsp3) is 0.493. The molecule has 10 nitrogen and oxygen atoms in total. The number of hydroxylamine groups is 2. The maximum absolute atomic E-state index is 16.4. The third-order valence-corrected chi connectivity index (χ3v) is 36.9. The van der Waals surface area contributed by atoms with E-state index in [0.717, 1.165) is 113 Å². The Morgan fingerprint density at radius 3 is 0.958 bits per heavy atom. The molecule has 0 N–H and O–H groups in total. The Morgan fingerprint density at radius 1 is 0.379 bits per heavy atom. The maximum Gasteiger partial charge on any atom is 0.340 e. The van der Waals surface area contributed by atoms with Gasteiger partial charge in [0.1, 0.15) is 0 Å². The minimum absolute atomic E-state index is 0.0248. The highest BCUT2D eigenvalue weighted by molar-refractivity contribution is 8.23. The lowest BCUT2D eigenvalue weighted by atomic mass is 9.71. The Labute approximate surface area is 611 Å². The third-order valence-electron chi connectivity index (χ3n) is 19.9.